The molecule has 1 N–H and O–H groups in total. The minimum Gasteiger partial charge on any atom is -0.497 e. The molecule has 3 rings (SSSR count). The Morgan fingerprint density at radius 1 is 1.21 bits per heavy atom. The number of amides is 2. The van der Waals surface area contributed by atoms with Crippen molar-refractivity contribution < 1.29 is 23.8 Å². The Labute approximate surface area is 168 Å². The SMILES string of the molecule is COc1cc(CNC(=O)[C@@H]2COC(=O)N2Cc2cccc(C#N)c2)cc(OC)c1. The Bertz CT molecular complexity index is 931. The summed E-state index contributed by atoms with van der Waals surface area (Å²) in [5, 5.41) is 11.9. The normalized spacial score (nSPS) is 15.4. The molecule has 29 heavy (non-hydrogen) atoms. The van der Waals surface area contributed by atoms with Crippen LogP contribution in [0.1, 0.15) is 16.7 Å². The van der Waals surface area contributed by atoms with Crippen molar-refractivity contribution in [3.05, 3.63) is 59.2 Å². The molecule has 1 aliphatic rings. The predicted octanol–water partition coefficient (Wildman–Crippen LogP) is 2.21. The Morgan fingerprint density at radius 3 is 2.59 bits per heavy atom. The van der Waals surface area contributed by atoms with Crippen LogP contribution in [-0.2, 0) is 22.6 Å². The monoisotopic (exact) mass is 395 g/mol. The van der Waals surface area contributed by atoms with Crippen LogP contribution in [0.4, 0.5) is 4.79 Å². The Morgan fingerprint density at radius 2 is 1.93 bits per heavy atom. The molecule has 0 saturated carbocycles. The van der Waals surface area contributed by atoms with Gasteiger partial charge in [0.15, 0.2) is 0 Å². The van der Waals surface area contributed by atoms with Crippen LogP contribution >= 0.6 is 0 Å². The van der Waals surface area contributed by atoms with Crippen LogP contribution < -0.4 is 14.8 Å². The van der Waals surface area contributed by atoms with Gasteiger partial charge in [-0.15, -0.1) is 0 Å². The van der Waals surface area contributed by atoms with E-state index in [1.807, 2.05) is 0 Å². The van der Waals surface area contributed by atoms with E-state index in [9.17, 15) is 9.59 Å². The number of benzene rings is 2. The van der Waals surface area contributed by atoms with Crippen molar-refractivity contribution in [1.29, 1.82) is 5.26 Å². The second-order valence-corrected chi connectivity index (χ2v) is 6.47. The molecule has 1 heterocycles. The average molecular weight is 395 g/mol. The largest absolute Gasteiger partial charge is 0.497 e. The zero-order valence-electron chi connectivity index (χ0n) is 16.2. The van der Waals surface area contributed by atoms with Crippen molar-refractivity contribution >= 4 is 12.0 Å². The number of nitriles is 1. The number of rotatable bonds is 7. The van der Waals surface area contributed by atoms with Gasteiger partial charge in [-0.1, -0.05) is 12.1 Å². The summed E-state index contributed by atoms with van der Waals surface area (Å²) in [7, 11) is 3.11. The lowest BCUT2D eigenvalue weighted by molar-refractivity contribution is -0.125. The molecule has 0 radical (unpaired) electrons. The summed E-state index contributed by atoms with van der Waals surface area (Å²) < 4.78 is 15.5. The zero-order chi connectivity index (χ0) is 20.8. The van der Waals surface area contributed by atoms with Crippen LogP contribution in [0.15, 0.2) is 42.5 Å². The minimum absolute atomic E-state index is 0.0238. The second kappa shape index (κ2) is 8.97. The van der Waals surface area contributed by atoms with Gasteiger partial charge in [0.2, 0.25) is 5.91 Å². The number of nitrogens with zero attached hydrogens (tertiary/aromatic N) is 2. The maximum Gasteiger partial charge on any atom is 0.410 e. The van der Waals surface area contributed by atoms with Gasteiger partial charge in [0.25, 0.3) is 0 Å². The Kier molecular flexibility index (Phi) is 6.19. The van der Waals surface area contributed by atoms with Crippen molar-refractivity contribution in [3.8, 4) is 17.6 Å². The van der Waals surface area contributed by atoms with Crippen LogP contribution in [-0.4, -0.2) is 43.8 Å². The van der Waals surface area contributed by atoms with Gasteiger partial charge in [0, 0.05) is 12.6 Å². The molecule has 8 nitrogen and oxygen atoms in total. The number of hydrogen-bond donors (Lipinski definition) is 1. The molecule has 0 unspecified atom stereocenters. The van der Waals surface area contributed by atoms with Crippen LogP contribution in [0.2, 0.25) is 0 Å². The first-order valence-electron chi connectivity index (χ1n) is 8.96. The molecular formula is C21H21N3O5. The highest BCUT2D eigenvalue weighted by Gasteiger charge is 2.37. The van der Waals surface area contributed by atoms with Gasteiger partial charge in [-0.2, -0.15) is 5.26 Å². The highest BCUT2D eigenvalue weighted by Crippen LogP contribution is 2.23. The summed E-state index contributed by atoms with van der Waals surface area (Å²) in [6, 6.07) is 13.5. The molecule has 0 spiro atoms. The van der Waals surface area contributed by atoms with E-state index in [1.54, 1.807) is 56.7 Å². The number of methoxy groups -OCH3 is 2. The average Bonchev–Trinajstić information content (AvgIpc) is 3.12. The van der Waals surface area contributed by atoms with Crippen molar-refractivity contribution in [1.82, 2.24) is 10.2 Å². The fraction of sp³-hybridized carbons (Fsp3) is 0.286. The molecule has 2 amide bonds. The number of carbonyl (C=O) groups excluding carboxylic acids is 2. The third-order valence-electron chi connectivity index (χ3n) is 4.57. The lowest BCUT2D eigenvalue weighted by atomic mass is 10.1. The standard InChI is InChI=1S/C21H21N3O5/c1-27-17-7-16(8-18(9-17)28-2)11-23-20(25)19-13-29-21(26)24(19)12-15-5-3-4-14(6-15)10-22/h3-9,19H,11-13H2,1-2H3,(H,23,25)/t19-/m0/s1. The molecule has 1 saturated heterocycles. The first-order chi connectivity index (χ1) is 14.0. The quantitative estimate of drug-likeness (QED) is 0.771. The van der Waals surface area contributed by atoms with Gasteiger partial charge in [-0.05, 0) is 35.4 Å². The topological polar surface area (TPSA) is 101 Å². The van der Waals surface area contributed by atoms with E-state index >= 15 is 0 Å². The minimum atomic E-state index is -0.749. The highest BCUT2D eigenvalue weighted by atomic mass is 16.6. The Hall–Kier alpha value is -3.73. The predicted molar refractivity (Wildman–Crippen MR) is 103 cm³/mol. The molecule has 150 valence electrons. The first-order valence-corrected chi connectivity index (χ1v) is 8.96. The second-order valence-electron chi connectivity index (χ2n) is 6.47. The van der Waals surface area contributed by atoms with E-state index in [0.29, 0.717) is 17.1 Å². The molecule has 0 bridgehead atoms. The van der Waals surface area contributed by atoms with Gasteiger partial charge in [0.05, 0.1) is 32.4 Å². The van der Waals surface area contributed by atoms with Crippen molar-refractivity contribution in [2.75, 3.05) is 20.8 Å². The molecule has 1 aliphatic heterocycles. The van der Waals surface area contributed by atoms with E-state index in [4.69, 9.17) is 19.5 Å². The maximum atomic E-state index is 12.7. The van der Waals surface area contributed by atoms with Gasteiger partial charge in [-0.3, -0.25) is 9.69 Å². The molecular weight excluding hydrogens is 374 g/mol. The molecule has 2 aromatic carbocycles. The van der Waals surface area contributed by atoms with E-state index in [-0.39, 0.29) is 25.6 Å². The van der Waals surface area contributed by atoms with Crippen molar-refractivity contribution in [3.63, 3.8) is 0 Å². The van der Waals surface area contributed by atoms with Crippen molar-refractivity contribution in [2.24, 2.45) is 0 Å². The van der Waals surface area contributed by atoms with Crippen molar-refractivity contribution in [2.45, 2.75) is 19.1 Å². The van der Waals surface area contributed by atoms with E-state index in [0.717, 1.165) is 11.1 Å². The lowest BCUT2D eigenvalue weighted by Gasteiger charge is -2.21. The molecule has 0 aliphatic carbocycles. The summed E-state index contributed by atoms with van der Waals surface area (Å²) in [4.78, 5) is 26.2. The summed E-state index contributed by atoms with van der Waals surface area (Å²) in [6.07, 6.45) is -0.560. The first kappa shape index (κ1) is 20.0. The number of nitrogens with one attached hydrogen (secondary N) is 1. The summed E-state index contributed by atoms with van der Waals surface area (Å²) in [5.41, 5.74) is 2.04. The van der Waals surface area contributed by atoms with E-state index in [1.165, 1.54) is 4.90 Å². The summed E-state index contributed by atoms with van der Waals surface area (Å²) >= 11 is 0. The van der Waals surface area contributed by atoms with Gasteiger partial charge < -0.3 is 19.5 Å². The van der Waals surface area contributed by atoms with E-state index < -0.39 is 12.1 Å². The van der Waals surface area contributed by atoms with Gasteiger partial charge in [0.1, 0.15) is 24.1 Å². The third kappa shape index (κ3) is 4.76. The van der Waals surface area contributed by atoms with Crippen LogP contribution in [0.25, 0.3) is 0 Å². The summed E-state index contributed by atoms with van der Waals surface area (Å²) in [6.45, 7) is 0.401. The zero-order valence-corrected chi connectivity index (χ0v) is 16.2. The van der Waals surface area contributed by atoms with Crippen LogP contribution in [0.3, 0.4) is 0 Å². The fourth-order valence-electron chi connectivity index (χ4n) is 3.05. The number of cyclic esters (lactones) is 1. The maximum absolute atomic E-state index is 12.7. The van der Waals surface area contributed by atoms with Crippen LogP contribution in [0, 0.1) is 11.3 Å². The Balaban J connectivity index is 1.68. The third-order valence-corrected chi connectivity index (χ3v) is 4.57. The lowest BCUT2D eigenvalue weighted by Crippen LogP contribution is -2.45. The molecule has 0 aromatic heterocycles. The number of hydrogen-bond acceptors (Lipinski definition) is 6. The van der Waals surface area contributed by atoms with Gasteiger partial charge in [-0.25, -0.2) is 4.79 Å². The highest BCUT2D eigenvalue weighted by molar-refractivity contribution is 5.87. The molecule has 1 fully saturated rings. The molecule has 8 heteroatoms. The van der Waals surface area contributed by atoms with Gasteiger partial charge >= 0.3 is 6.09 Å². The molecule has 2 aromatic rings. The van der Waals surface area contributed by atoms with E-state index in [2.05, 4.69) is 11.4 Å². The smallest absolute Gasteiger partial charge is 0.410 e. The number of carbonyl (C=O) groups is 2. The summed E-state index contributed by atoms with van der Waals surface area (Å²) in [5.74, 6) is 0.910. The number of ether oxygens (including phenoxy) is 3. The van der Waals surface area contributed by atoms with Crippen LogP contribution in [0.5, 0.6) is 11.5 Å². The fourth-order valence-corrected chi connectivity index (χ4v) is 3.05. The molecule has 1 atom stereocenters.